The lowest BCUT2D eigenvalue weighted by Crippen LogP contribution is -2.60. The number of nitrogens with one attached hydrogen (secondary N) is 1. The highest BCUT2D eigenvalue weighted by atomic mass is 16.6. The molecule has 6 nitrogen and oxygen atoms in total. The van der Waals surface area contributed by atoms with Gasteiger partial charge < -0.3 is 15.0 Å². The van der Waals surface area contributed by atoms with Gasteiger partial charge in [0.25, 0.3) is 5.91 Å². The second-order valence-corrected chi connectivity index (χ2v) is 4.33. The van der Waals surface area contributed by atoms with Gasteiger partial charge in [-0.2, -0.15) is 0 Å². The van der Waals surface area contributed by atoms with Crippen molar-refractivity contribution in [3.05, 3.63) is 0 Å². The lowest BCUT2D eigenvalue weighted by atomic mass is 10.2. The Balaban J connectivity index is 2.36. The molecule has 0 bridgehead atoms. The van der Waals surface area contributed by atoms with Crippen LogP contribution in [0.1, 0.15) is 20.8 Å². The number of hydrogen-bond donors (Lipinski definition) is 1. The van der Waals surface area contributed by atoms with E-state index < -0.39 is 17.6 Å². The zero-order valence-corrected chi connectivity index (χ0v) is 9.11. The monoisotopic (exact) mass is 213 g/mol. The fourth-order valence-electron chi connectivity index (χ4n) is 1.04. The zero-order valence-electron chi connectivity index (χ0n) is 9.11. The van der Waals surface area contributed by atoms with Crippen LogP contribution >= 0.6 is 0 Å². The van der Waals surface area contributed by atoms with Crippen molar-refractivity contribution in [2.75, 3.05) is 13.3 Å². The molecular weight excluding hydrogens is 198 g/mol. The van der Waals surface area contributed by atoms with Crippen molar-refractivity contribution in [1.29, 1.82) is 5.41 Å². The largest absolute Gasteiger partial charge is 0.444 e. The summed E-state index contributed by atoms with van der Waals surface area (Å²) in [6, 6.07) is 0. The molecule has 1 N–H and O–H groups in total. The van der Waals surface area contributed by atoms with E-state index in [0.29, 0.717) is 0 Å². The average molecular weight is 213 g/mol. The van der Waals surface area contributed by atoms with Crippen LogP contribution in [0.3, 0.4) is 0 Å². The highest BCUT2D eigenvalue weighted by Gasteiger charge is 2.33. The summed E-state index contributed by atoms with van der Waals surface area (Å²) < 4.78 is 5.10. The Morgan fingerprint density at radius 1 is 1.27 bits per heavy atom. The van der Waals surface area contributed by atoms with Crippen LogP contribution in [-0.4, -0.2) is 47.0 Å². The van der Waals surface area contributed by atoms with Crippen molar-refractivity contribution in [1.82, 2.24) is 9.80 Å². The van der Waals surface area contributed by atoms with Crippen molar-refractivity contribution in [3.63, 3.8) is 0 Å². The van der Waals surface area contributed by atoms with Gasteiger partial charge in [0.15, 0.2) is 0 Å². The van der Waals surface area contributed by atoms with E-state index in [2.05, 4.69) is 0 Å². The van der Waals surface area contributed by atoms with Crippen molar-refractivity contribution in [2.45, 2.75) is 26.4 Å². The summed E-state index contributed by atoms with van der Waals surface area (Å²) in [5, 5.41) is 6.74. The fourth-order valence-corrected chi connectivity index (χ4v) is 1.04. The van der Waals surface area contributed by atoms with Crippen LogP contribution in [0.15, 0.2) is 0 Å². The highest BCUT2D eigenvalue weighted by Crippen LogP contribution is 2.15. The first-order valence-corrected chi connectivity index (χ1v) is 4.61. The first kappa shape index (κ1) is 11.5. The molecule has 2 amide bonds. The summed E-state index contributed by atoms with van der Waals surface area (Å²) in [5.74, 6) is -0.394. The summed E-state index contributed by atoms with van der Waals surface area (Å²) in [6.07, 6.45) is 0.295. The van der Waals surface area contributed by atoms with Gasteiger partial charge in [-0.05, 0) is 20.8 Å². The molecule has 1 fully saturated rings. The van der Waals surface area contributed by atoms with E-state index in [1.54, 1.807) is 20.8 Å². The molecule has 0 aliphatic carbocycles. The maximum absolute atomic E-state index is 11.4. The summed E-state index contributed by atoms with van der Waals surface area (Å²) in [7, 11) is 0. The summed E-state index contributed by atoms with van der Waals surface area (Å²) in [6.45, 7) is 5.74. The Bertz CT molecular complexity index is 289. The molecule has 6 heteroatoms. The number of amides is 2. The Labute approximate surface area is 88.3 Å². The molecule has 0 aromatic heterocycles. The van der Waals surface area contributed by atoms with E-state index >= 15 is 0 Å². The molecule has 84 valence electrons. The molecule has 0 aromatic rings. The van der Waals surface area contributed by atoms with Crippen LogP contribution in [0, 0.1) is 5.41 Å². The van der Waals surface area contributed by atoms with Gasteiger partial charge in [0, 0.05) is 0 Å². The van der Waals surface area contributed by atoms with Gasteiger partial charge >= 0.3 is 6.09 Å². The lowest BCUT2D eigenvalue weighted by molar-refractivity contribution is -0.137. The lowest BCUT2D eigenvalue weighted by Gasteiger charge is -2.41. The van der Waals surface area contributed by atoms with Gasteiger partial charge in [-0.25, -0.2) is 4.79 Å². The highest BCUT2D eigenvalue weighted by molar-refractivity contribution is 6.25. The van der Waals surface area contributed by atoms with Gasteiger partial charge in [0.2, 0.25) is 0 Å². The molecule has 0 spiro atoms. The SMILES string of the molecule is CC(C)(C)OC(=O)N1CN(C(=O)C=N)C1. The van der Waals surface area contributed by atoms with Crippen molar-refractivity contribution >= 4 is 18.2 Å². The van der Waals surface area contributed by atoms with Crippen LogP contribution in [0.2, 0.25) is 0 Å². The number of hydrogen-bond acceptors (Lipinski definition) is 4. The Morgan fingerprint density at radius 2 is 1.80 bits per heavy atom. The van der Waals surface area contributed by atoms with Gasteiger partial charge in [-0.15, -0.1) is 0 Å². The summed E-state index contributed by atoms with van der Waals surface area (Å²) >= 11 is 0. The normalized spacial score (nSPS) is 15.7. The first-order chi connectivity index (χ1) is 6.83. The summed E-state index contributed by atoms with van der Waals surface area (Å²) in [5.41, 5.74) is -0.525. The van der Waals surface area contributed by atoms with Crippen LogP contribution < -0.4 is 0 Å². The predicted octanol–water partition coefficient (Wildman–Crippen LogP) is 0.630. The minimum atomic E-state index is -0.525. The van der Waals surface area contributed by atoms with Crippen molar-refractivity contribution in [2.24, 2.45) is 0 Å². The zero-order chi connectivity index (χ0) is 11.6. The van der Waals surface area contributed by atoms with E-state index in [1.165, 1.54) is 9.80 Å². The molecular formula is C9H15N3O3. The number of carbonyl (C=O) groups excluding carboxylic acids is 2. The van der Waals surface area contributed by atoms with Gasteiger partial charge in [-0.1, -0.05) is 0 Å². The van der Waals surface area contributed by atoms with Crippen molar-refractivity contribution < 1.29 is 14.3 Å². The first-order valence-electron chi connectivity index (χ1n) is 4.61. The Morgan fingerprint density at radius 3 is 2.20 bits per heavy atom. The molecule has 0 atom stereocenters. The third-order valence-electron chi connectivity index (χ3n) is 1.77. The van der Waals surface area contributed by atoms with Crippen molar-refractivity contribution in [3.8, 4) is 0 Å². The van der Waals surface area contributed by atoms with Gasteiger partial charge in [0.05, 0.1) is 6.21 Å². The molecule has 0 unspecified atom stereocenters. The Hall–Kier alpha value is -1.59. The van der Waals surface area contributed by atoms with Crippen LogP contribution in [0.5, 0.6) is 0 Å². The number of rotatable bonds is 1. The standard InChI is InChI=1S/C9H15N3O3/c1-9(2,3)15-8(14)12-5-11(6-12)7(13)4-10/h4,10H,5-6H2,1-3H3. The van der Waals surface area contributed by atoms with Crippen LogP contribution in [-0.2, 0) is 9.53 Å². The van der Waals surface area contributed by atoms with Gasteiger partial charge in [-0.3, -0.25) is 9.69 Å². The summed E-state index contributed by atoms with van der Waals surface area (Å²) in [4.78, 5) is 25.1. The Kier molecular flexibility index (Phi) is 2.97. The topological polar surface area (TPSA) is 73.7 Å². The minimum absolute atomic E-state index is 0.198. The number of ether oxygens (including phenoxy) is 1. The molecule has 1 aliphatic rings. The van der Waals surface area contributed by atoms with Gasteiger partial charge in [0.1, 0.15) is 18.9 Å². The van der Waals surface area contributed by atoms with E-state index in [0.717, 1.165) is 6.21 Å². The minimum Gasteiger partial charge on any atom is -0.444 e. The molecule has 0 radical (unpaired) electrons. The molecule has 0 aromatic carbocycles. The quantitative estimate of drug-likeness (QED) is 0.649. The van der Waals surface area contributed by atoms with E-state index in [-0.39, 0.29) is 13.3 Å². The number of nitrogens with zero attached hydrogens (tertiary/aromatic N) is 2. The molecule has 0 saturated carbocycles. The molecule has 1 saturated heterocycles. The number of carbonyl (C=O) groups is 2. The van der Waals surface area contributed by atoms with E-state index in [1.807, 2.05) is 0 Å². The third kappa shape index (κ3) is 2.93. The van der Waals surface area contributed by atoms with E-state index in [4.69, 9.17) is 10.1 Å². The van der Waals surface area contributed by atoms with Crippen LogP contribution in [0.4, 0.5) is 4.79 Å². The smallest absolute Gasteiger partial charge is 0.413 e. The molecule has 15 heavy (non-hydrogen) atoms. The third-order valence-corrected chi connectivity index (χ3v) is 1.77. The molecule has 1 aliphatic heterocycles. The second-order valence-electron chi connectivity index (χ2n) is 4.33. The molecule has 1 rings (SSSR count). The maximum atomic E-state index is 11.4. The maximum Gasteiger partial charge on any atom is 0.413 e. The van der Waals surface area contributed by atoms with E-state index in [9.17, 15) is 9.59 Å². The average Bonchev–Trinajstić information content (AvgIpc) is 1.97. The fraction of sp³-hybridized carbons (Fsp3) is 0.667. The second kappa shape index (κ2) is 3.88. The van der Waals surface area contributed by atoms with Crippen LogP contribution in [0.25, 0.3) is 0 Å². The molecule has 1 heterocycles. The predicted molar refractivity (Wildman–Crippen MR) is 53.4 cm³/mol.